The Hall–Kier alpha value is -2.02. The van der Waals surface area contributed by atoms with E-state index in [1.54, 1.807) is 4.57 Å². The van der Waals surface area contributed by atoms with E-state index in [-0.39, 0.29) is 11.9 Å². The second-order valence-electron chi connectivity index (χ2n) is 5.07. The molecule has 1 unspecified atom stereocenters. The van der Waals surface area contributed by atoms with Gasteiger partial charge in [0.05, 0.1) is 0 Å². The predicted octanol–water partition coefficient (Wildman–Crippen LogP) is 3.12. The minimum absolute atomic E-state index is 0.0992. The van der Waals surface area contributed by atoms with Crippen LogP contribution < -0.4 is 11.1 Å². The molecule has 3 N–H and O–H groups in total. The third-order valence-corrected chi connectivity index (χ3v) is 4.45. The van der Waals surface area contributed by atoms with Crippen LogP contribution in [0.1, 0.15) is 38.8 Å². The first-order valence-electron chi connectivity index (χ1n) is 7.84. The van der Waals surface area contributed by atoms with Crippen molar-refractivity contribution in [1.29, 1.82) is 0 Å². The van der Waals surface area contributed by atoms with Crippen LogP contribution in [0.4, 0.5) is 11.6 Å². The molecule has 1 aromatic carbocycles. The standard InChI is InChI=1S/C16H23N5OS/c1-4-11-9-7-8-10-12(11)18-14(22)13(5-2)21-15(17)19-20-16(21)23-6-3/h7-10,13H,4-6H2,1-3H3,(H2,17,19)(H,18,22). The molecule has 2 rings (SSSR count). The second kappa shape index (κ2) is 8.01. The summed E-state index contributed by atoms with van der Waals surface area (Å²) in [4.78, 5) is 12.8. The maximum absolute atomic E-state index is 12.8. The zero-order valence-electron chi connectivity index (χ0n) is 13.7. The van der Waals surface area contributed by atoms with Crippen molar-refractivity contribution in [2.75, 3.05) is 16.8 Å². The quantitative estimate of drug-likeness (QED) is 0.760. The van der Waals surface area contributed by atoms with E-state index in [9.17, 15) is 4.79 Å². The monoisotopic (exact) mass is 333 g/mol. The van der Waals surface area contributed by atoms with Crippen molar-refractivity contribution in [3.05, 3.63) is 29.8 Å². The van der Waals surface area contributed by atoms with E-state index in [0.29, 0.717) is 11.6 Å². The Morgan fingerprint density at radius 1 is 1.30 bits per heavy atom. The van der Waals surface area contributed by atoms with Gasteiger partial charge in [-0.3, -0.25) is 9.36 Å². The van der Waals surface area contributed by atoms with Gasteiger partial charge in [0.2, 0.25) is 11.9 Å². The Morgan fingerprint density at radius 2 is 2.04 bits per heavy atom. The summed E-state index contributed by atoms with van der Waals surface area (Å²) >= 11 is 1.53. The molecule has 1 amide bonds. The molecule has 0 saturated carbocycles. The number of nitrogens with zero attached hydrogens (tertiary/aromatic N) is 3. The highest BCUT2D eigenvalue weighted by Gasteiger charge is 2.25. The van der Waals surface area contributed by atoms with Crippen LogP contribution in [0.3, 0.4) is 0 Å². The fraction of sp³-hybridized carbons (Fsp3) is 0.438. The third kappa shape index (κ3) is 3.85. The zero-order valence-corrected chi connectivity index (χ0v) is 14.6. The molecule has 0 aliphatic heterocycles. The summed E-state index contributed by atoms with van der Waals surface area (Å²) in [7, 11) is 0. The minimum atomic E-state index is -0.427. The summed E-state index contributed by atoms with van der Waals surface area (Å²) in [5.74, 6) is 1.01. The third-order valence-electron chi connectivity index (χ3n) is 3.62. The Balaban J connectivity index is 2.27. The van der Waals surface area contributed by atoms with Crippen molar-refractivity contribution < 1.29 is 4.79 Å². The molecule has 0 aliphatic rings. The predicted molar refractivity (Wildman–Crippen MR) is 94.6 cm³/mol. The lowest BCUT2D eigenvalue weighted by atomic mass is 10.1. The lowest BCUT2D eigenvalue weighted by Gasteiger charge is -2.19. The number of thioether (sulfide) groups is 1. The first-order valence-corrected chi connectivity index (χ1v) is 8.82. The second-order valence-corrected chi connectivity index (χ2v) is 6.30. The van der Waals surface area contributed by atoms with Gasteiger partial charge in [0.1, 0.15) is 6.04 Å². The van der Waals surface area contributed by atoms with Gasteiger partial charge in [-0.1, -0.05) is 50.7 Å². The van der Waals surface area contributed by atoms with Crippen LogP contribution in [0.15, 0.2) is 29.4 Å². The number of rotatable bonds is 7. The molecule has 0 aliphatic carbocycles. The molecule has 1 heterocycles. The minimum Gasteiger partial charge on any atom is -0.368 e. The number of carbonyl (C=O) groups is 1. The molecule has 124 valence electrons. The largest absolute Gasteiger partial charge is 0.368 e. The molecule has 1 atom stereocenters. The maximum Gasteiger partial charge on any atom is 0.247 e. The Labute approximate surface area is 140 Å². The lowest BCUT2D eigenvalue weighted by Crippen LogP contribution is -2.27. The lowest BCUT2D eigenvalue weighted by molar-refractivity contribution is -0.119. The molecular weight excluding hydrogens is 310 g/mol. The van der Waals surface area contributed by atoms with E-state index in [4.69, 9.17) is 5.73 Å². The summed E-state index contributed by atoms with van der Waals surface area (Å²) in [6, 6.07) is 7.40. The number of nitrogen functional groups attached to an aromatic ring is 1. The average Bonchev–Trinajstić information content (AvgIpc) is 2.90. The summed E-state index contributed by atoms with van der Waals surface area (Å²) in [6.45, 7) is 6.05. The fourth-order valence-corrected chi connectivity index (χ4v) is 3.18. The molecule has 1 aromatic heterocycles. The molecule has 7 heteroatoms. The van der Waals surface area contributed by atoms with Gasteiger partial charge < -0.3 is 11.1 Å². The SMILES string of the molecule is CCSc1nnc(N)n1C(CC)C(=O)Nc1ccccc1CC. The van der Waals surface area contributed by atoms with E-state index >= 15 is 0 Å². The average molecular weight is 333 g/mol. The van der Waals surface area contributed by atoms with Crippen LogP contribution in [0.2, 0.25) is 0 Å². The first kappa shape index (κ1) is 17.3. The molecule has 0 spiro atoms. The first-order chi connectivity index (χ1) is 11.1. The van der Waals surface area contributed by atoms with Crippen LogP contribution in [-0.2, 0) is 11.2 Å². The molecular formula is C16H23N5OS. The van der Waals surface area contributed by atoms with E-state index in [1.807, 2.05) is 38.1 Å². The number of amides is 1. The van der Waals surface area contributed by atoms with Gasteiger partial charge >= 0.3 is 0 Å². The van der Waals surface area contributed by atoms with Gasteiger partial charge in [0.25, 0.3) is 0 Å². The normalized spacial score (nSPS) is 12.1. The molecule has 0 radical (unpaired) electrons. The van der Waals surface area contributed by atoms with Crippen molar-refractivity contribution in [3.63, 3.8) is 0 Å². The zero-order chi connectivity index (χ0) is 16.8. The number of aromatic nitrogens is 3. The smallest absolute Gasteiger partial charge is 0.247 e. The van der Waals surface area contributed by atoms with E-state index in [0.717, 1.165) is 23.4 Å². The Morgan fingerprint density at radius 3 is 2.70 bits per heavy atom. The fourth-order valence-electron chi connectivity index (χ4n) is 2.46. The highest BCUT2D eigenvalue weighted by molar-refractivity contribution is 7.99. The van der Waals surface area contributed by atoms with Crippen LogP contribution in [0.5, 0.6) is 0 Å². The summed E-state index contributed by atoms with van der Waals surface area (Å²) in [6.07, 6.45) is 1.47. The van der Waals surface area contributed by atoms with Crippen molar-refractivity contribution in [1.82, 2.24) is 14.8 Å². The summed E-state index contributed by atoms with van der Waals surface area (Å²) < 4.78 is 1.72. The van der Waals surface area contributed by atoms with Gasteiger partial charge in [-0.05, 0) is 30.2 Å². The van der Waals surface area contributed by atoms with Gasteiger partial charge in [-0.25, -0.2) is 0 Å². The summed E-state index contributed by atoms with van der Waals surface area (Å²) in [5.41, 5.74) is 7.88. The summed E-state index contributed by atoms with van der Waals surface area (Å²) in [5, 5.41) is 11.7. The maximum atomic E-state index is 12.8. The van der Waals surface area contributed by atoms with E-state index in [2.05, 4.69) is 22.4 Å². The van der Waals surface area contributed by atoms with Gasteiger partial charge in [0, 0.05) is 5.69 Å². The van der Waals surface area contributed by atoms with Gasteiger partial charge in [-0.2, -0.15) is 0 Å². The molecule has 6 nitrogen and oxygen atoms in total. The Kier molecular flexibility index (Phi) is 6.04. The Bertz CT molecular complexity index is 670. The number of nitrogens with two attached hydrogens (primary N) is 1. The number of benzene rings is 1. The topological polar surface area (TPSA) is 85.8 Å². The molecule has 2 aromatic rings. The van der Waals surface area contributed by atoms with Crippen molar-refractivity contribution in [2.45, 2.75) is 44.8 Å². The number of hydrogen-bond acceptors (Lipinski definition) is 5. The number of nitrogens with one attached hydrogen (secondary N) is 1. The van der Waals surface area contributed by atoms with Crippen LogP contribution in [0.25, 0.3) is 0 Å². The van der Waals surface area contributed by atoms with Crippen LogP contribution >= 0.6 is 11.8 Å². The number of hydrogen-bond donors (Lipinski definition) is 2. The number of carbonyl (C=O) groups excluding carboxylic acids is 1. The molecule has 23 heavy (non-hydrogen) atoms. The number of para-hydroxylation sites is 1. The van der Waals surface area contributed by atoms with E-state index in [1.165, 1.54) is 11.8 Å². The van der Waals surface area contributed by atoms with Crippen LogP contribution in [-0.4, -0.2) is 26.4 Å². The molecule has 0 bridgehead atoms. The van der Waals surface area contributed by atoms with Gasteiger partial charge in [-0.15, -0.1) is 10.2 Å². The molecule has 0 fully saturated rings. The van der Waals surface area contributed by atoms with Crippen LogP contribution in [0, 0.1) is 0 Å². The number of anilines is 2. The molecule has 0 saturated heterocycles. The highest BCUT2D eigenvalue weighted by Crippen LogP contribution is 2.26. The van der Waals surface area contributed by atoms with E-state index < -0.39 is 6.04 Å². The highest BCUT2D eigenvalue weighted by atomic mass is 32.2. The van der Waals surface area contributed by atoms with Crippen molar-refractivity contribution in [2.24, 2.45) is 0 Å². The van der Waals surface area contributed by atoms with Crippen molar-refractivity contribution in [3.8, 4) is 0 Å². The number of aryl methyl sites for hydroxylation is 1. The van der Waals surface area contributed by atoms with Crippen molar-refractivity contribution >= 4 is 29.3 Å². The van der Waals surface area contributed by atoms with Gasteiger partial charge in [0.15, 0.2) is 5.16 Å².